The Hall–Kier alpha value is -4.59. The zero-order valence-corrected chi connectivity index (χ0v) is 20.1. The Morgan fingerprint density at radius 3 is 2.22 bits per heavy atom. The highest BCUT2D eigenvalue weighted by Crippen LogP contribution is 2.33. The van der Waals surface area contributed by atoms with E-state index in [1.165, 1.54) is 6.07 Å². The predicted molar refractivity (Wildman–Crippen MR) is 135 cm³/mol. The van der Waals surface area contributed by atoms with Crippen LogP contribution in [0.25, 0.3) is 22.5 Å². The fraction of sp³-hybridized carbons (Fsp3) is 0.179. The number of nitrogens with zero attached hydrogens (tertiary/aromatic N) is 1. The third kappa shape index (κ3) is 5.55. The van der Waals surface area contributed by atoms with Gasteiger partial charge >= 0.3 is 12.1 Å². The third-order valence-electron chi connectivity index (χ3n) is 5.65. The molecule has 8 heteroatoms. The van der Waals surface area contributed by atoms with Crippen molar-refractivity contribution >= 4 is 17.7 Å². The molecule has 1 amide bonds. The predicted octanol–water partition coefficient (Wildman–Crippen LogP) is 7.15. The second-order valence-corrected chi connectivity index (χ2v) is 8.23. The van der Waals surface area contributed by atoms with Gasteiger partial charge in [-0.15, -0.1) is 0 Å². The summed E-state index contributed by atoms with van der Waals surface area (Å²) in [5.41, 5.74) is 3.78. The van der Waals surface area contributed by atoms with Crippen LogP contribution in [-0.2, 0) is 4.74 Å². The number of benzene rings is 3. The average Bonchev–Trinajstić information content (AvgIpc) is 3.24. The monoisotopic (exact) mass is 486 g/mol. The third-order valence-corrected chi connectivity index (χ3v) is 5.65. The van der Waals surface area contributed by atoms with E-state index in [1.54, 1.807) is 37.3 Å². The molecular formula is C28H26N2O6. The molecule has 8 nitrogen and oxygen atoms in total. The van der Waals surface area contributed by atoms with Crippen molar-refractivity contribution in [1.82, 2.24) is 5.16 Å². The van der Waals surface area contributed by atoms with Gasteiger partial charge in [0.2, 0.25) is 0 Å². The number of hydrogen-bond acceptors (Lipinski definition) is 6. The van der Waals surface area contributed by atoms with Gasteiger partial charge in [0.25, 0.3) is 0 Å². The van der Waals surface area contributed by atoms with Crippen LogP contribution >= 0.6 is 0 Å². The van der Waals surface area contributed by atoms with Crippen LogP contribution in [0.1, 0.15) is 36.3 Å². The molecule has 1 atom stereocenters. The molecule has 1 heterocycles. The van der Waals surface area contributed by atoms with Crippen molar-refractivity contribution in [3.63, 3.8) is 0 Å². The summed E-state index contributed by atoms with van der Waals surface area (Å²) >= 11 is 0. The van der Waals surface area contributed by atoms with E-state index in [0.717, 1.165) is 16.7 Å². The number of aryl methyl sites for hydroxylation is 1. The summed E-state index contributed by atoms with van der Waals surface area (Å²) in [6.45, 7) is 5.51. The zero-order valence-electron chi connectivity index (χ0n) is 20.1. The van der Waals surface area contributed by atoms with Gasteiger partial charge in [-0.1, -0.05) is 60.6 Å². The van der Waals surface area contributed by atoms with Crippen LogP contribution < -0.4 is 10.1 Å². The maximum absolute atomic E-state index is 12.2. The summed E-state index contributed by atoms with van der Waals surface area (Å²) in [6.07, 6.45) is -0.0361. The average molecular weight is 487 g/mol. The number of nitrogens with one attached hydrogen (secondary N) is 1. The summed E-state index contributed by atoms with van der Waals surface area (Å²) in [5, 5.41) is 16.1. The normalized spacial score (nSPS) is 11.5. The molecule has 0 aliphatic rings. The Balaban J connectivity index is 1.49. The molecule has 0 bridgehead atoms. The van der Waals surface area contributed by atoms with Gasteiger partial charge in [-0.3, -0.25) is 5.32 Å². The van der Waals surface area contributed by atoms with Crippen molar-refractivity contribution in [2.24, 2.45) is 0 Å². The number of carboxylic acid groups (broad SMARTS) is 1. The molecule has 1 aromatic heterocycles. The van der Waals surface area contributed by atoms with Crippen molar-refractivity contribution in [2.75, 3.05) is 5.32 Å². The maximum Gasteiger partial charge on any atom is 0.412 e. The van der Waals surface area contributed by atoms with Gasteiger partial charge in [0.1, 0.15) is 34.5 Å². The molecule has 0 aliphatic heterocycles. The number of hydrogen-bond donors (Lipinski definition) is 2. The molecule has 0 radical (unpaired) electrons. The largest absolute Gasteiger partial charge is 0.478 e. The minimum absolute atomic E-state index is 0.0989. The maximum atomic E-state index is 12.2. The lowest BCUT2D eigenvalue weighted by Gasteiger charge is -2.12. The van der Waals surface area contributed by atoms with Crippen LogP contribution in [0, 0.1) is 6.92 Å². The number of carbonyl (C=O) groups excluding carboxylic acids is 1. The number of para-hydroxylation sites is 1. The molecule has 0 saturated heterocycles. The van der Waals surface area contributed by atoms with E-state index in [-0.39, 0.29) is 17.4 Å². The Morgan fingerprint density at radius 1 is 0.972 bits per heavy atom. The van der Waals surface area contributed by atoms with E-state index in [0.29, 0.717) is 29.3 Å². The van der Waals surface area contributed by atoms with E-state index >= 15 is 0 Å². The molecule has 1 unspecified atom stereocenters. The van der Waals surface area contributed by atoms with E-state index in [4.69, 9.17) is 14.0 Å². The molecule has 3 aromatic carbocycles. The fourth-order valence-electron chi connectivity index (χ4n) is 3.50. The van der Waals surface area contributed by atoms with Crippen molar-refractivity contribution in [3.05, 3.63) is 84.1 Å². The van der Waals surface area contributed by atoms with Crippen molar-refractivity contribution in [1.29, 1.82) is 0 Å². The Bertz CT molecular complexity index is 1360. The minimum Gasteiger partial charge on any atom is -0.478 e. The van der Waals surface area contributed by atoms with Gasteiger partial charge in [-0.2, -0.15) is 0 Å². The number of anilines is 1. The van der Waals surface area contributed by atoms with Crippen LogP contribution in [-0.4, -0.2) is 28.4 Å². The van der Waals surface area contributed by atoms with Crippen molar-refractivity contribution < 1.29 is 28.7 Å². The molecule has 36 heavy (non-hydrogen) atoms. The molecule has 4 rings (SSSR count). The van der Waals surface area contributed by atoms with E-state index in [9.17, 15) is 14.7 Å². The van der Waals surface area contributed by atoms with E-state index < -0.39 is 12.1 Å². The standard InChI is InChI=1S/C28H26N2O6/c1-4-17(2)34-28(33)29-25-18(3)30-36-26(25)21-11-9-19(10-12-21)20-13-15-22(16-14-20)35-24-8-6-5-7-23(24)27(31)32/h5-17H,4H2,1-3H3,(H,29,33)(H,31,32). The number of aromatic nitrogens is 1. The topological polar surface area (TPSA) is 111 Å². The second kappa shape index (κ2) is 10.8. The van der Waals surface area contributed by atoms with Crippen LogP contribution in [0.2, 0.25) is 0 Å². The van der Waals surface area contributed by atoms with Crippen molar-refractivity contribution in [2.45, 2.75) is 33.3 Å². The van der Waals surface area contributed by atoms with Crippen molar-refractivity contribution in [3.8, 4) is 33.9 Å². The van der Waals surface area contributed by atoms with Gasteiger partial charge in [-0.05, 0) is 55.7 Å². The second-order valence-electron chi connectivity index (χ2n) is 8.23. The van der Waals surface area contributed by atoms with E-state index in [1.807, 2.05) is 50.2 Å². The highest BCUT2D eigenvalue weighted by atomic mass is 16.6. The number of ether oxygens (including phenoxy) is 2. The first-order chi connectivity index (χ1) is 17.4. The lowest BCUT2D eigenvalue weighted by Crippen LogP contribution is -2.20. The SMILES string of the molecule is CCC(C)OC(=O)Nc1c(C)noc1-c1ccc(-c2ccc(Oc3ccccc3C(=O)O)cc2)cc1. The van der Waals surface area contributed by atoms with Gasteiger partial charge in [0.05, 0.1) is 0 Å². The summed E-state index contributed by atoms with van der Waals surface area (Å²) in [4.78, 5) is 23.6. The van der Waals surface area contributed by atoms with Crippen LogP contribution in [0.4, 0.5) is 10.5 Å². The molecule has 184 valence electrons. The first-order valence-electron chi connectivity index (χ1n) is 11.5. The zero-order chi connectivity index (χ0) is 25.7. The van der Waals surface area contributed by atoms with Gasteiger partial charge < -0.3 is 19.1 Å². The number of carboxylic acids is 1. The molecule has 0 spiro atoms. The van der Waals surface area contributed by atoms with Gasteiger partial charge in [0.15, 0.2) is 5.76 Å². The summed E-state index contributed by atoms with van der Waals surface area (Å²) in [6, 6.07) is 21.5. The summed E-state index contributed by atoms with van der Waals surface area (Å²) < 4.78 is 16.6. The van der Waals surface area contributed by atoms with Gasteiger partial charge in [0, 0.05) is 5.56 Å². The number of carbonyl (C=O) groups is 2. The molecule has 0 fully saturated rings. The van der Waals surface area contributed by atoms with Crippen LogP contribution in [0.15, 0.2) is 77.3 Å². The minimum atomic E-state index is -1.05. The molecule has 2 N–H and O–H groups in total. The summed E-state index contributed by atoms with van der Waals surface area (Å²) in [5.74, 6) is 0.208. The summed E-state index contributed by atoms with van der Waals surface area (Å²) in [7, 11) is 0. The highest BCUT2D eigenvalue weighted by Gasteiger charge is 2.19. The van der Waals surface area contributed by atoms with E-state index in [2.05, 4.69) is 10.5 Å². The van der Waals surface area contributed by atoms with Crippen LogP contribution in [0.5, 0.6) is 11.5 Å². The fourth-order valence-corrected chi connectivity index (χ4v) is 3.50. The number of rotatable bonds is 8. The molecule has 4 aromatic rings. The smallest absolute Gasteiger partial charge is 0.412 e. The quantitative estimate of drug-likeness (QED) is 0.272. The van der Waals surface area contributed by atoms with Crippen LogP contribution in [0.3, 0.4) is 0 Å². The lowest BCUT2D eigenvalue weighted by atomic mass is 10.0. The molecular weight excluding hydrogens is 460 g/mol. The first-order valence-corrected chi connectivity index (χ1v) is 11.5. The first kappa shape index (κ1) is 24.5. The highest BCUT2D eigenvalue weighted by molar-refractivity contribution is 5.91. The number of aromatic carboxylic acids is 1. The lowest BCUT2D eigenvalue weighted by molar-refractivity contribution is 0.0694. The Kier molecular flexibility index (Phi) is 7.34. The van der Waals surface area contributed by atoms with Gasteiger partial charge in [-0.25, -0.2) is 9.59 Å². The molecule has 0 saturated carbocycles. The Labute approximate surface area is 208 Å². The Morgan fingerprint density at radius 2 is 1.58 bits per heavy atom. The molecule has 0 aliphatic carbocycles. The number of amides is 1.